The van der Waals surface area contributed by atoms with Gasteiger partial charge in [-0.1, -0.05) is 0 Å². The van der Waals surface area contributed by atoms with Gasteiger partial charge in [0.05, 0.1) is 6.04 Å². The first-order chi connectivity index (χ1) is 6.66. The number of carbonyl (C=O) groups is 2. The van der Waals surface area contributed by atoms with Gasteiger partial charge in [-0.05, 0) is 13.8 Å². The molecule has 0 aliphatic rings. The van der Waals surface area contributed by atoms with E-state index in [1.165, 1.54) is 0 Å². The lowest BCUT2D eigenvalue weighted by molar-refractivity contribution is -0.173. The molecule has 0 saturated heterocycles. The molecule has 0 saturated carbocycles. The predicted molar refractivity (Wildman–Crippen MR) is 50.1 cm³/mol. The van der Waals surface area contributed by atoms with Crippen LogP contribution in [0.2, 0.25) is 0 Å². The van der Waals surface area contributed by atoms with Gasteiger partial charge in [0, 0.05) is 12.8 Å². The number of rotatable bonds is 5. The zero-order chi connectivity index (χ0) is 12.2. The summed E-state index contributed by atoms with van der Waals surface area (Å²) >= 11 is 0. The van der Waals surface area contributed by atoms with E-state index in [4.69, 9.17) is 15.0 Å². The van der Waals surface area contributed by atoms with Crippen LogP contribution >= 0.6 is 7.60 Å². The molecule has 0 heterocycles. The van der Waals surface area contributed by atoms with Crippen LogP contribution in [0.5, 0.6) is 0 Å². The second kappa shape index (κ2) is 5.37. The highest BCUT2D eigenvalue weighted by atomic mass is 31.2. The number of carbonyl (C=O) groups excluding carboxylic acids is 2. The summed E-state index contributed by atoms with van der Waals surface area (Å²) in [6.45, 7) is 3.12. The quantitative estimate of drug-likeness (QED) is 0.356. The SMILES string of the molecule is CC(C)N(O)C(=O)CCC(=O)P(=O)(O)O. The Morgan fingerprint density at radius 3 is 2.07 bits per heavy atom. The third-order valence-corrected chi connectivity index (χ3v) is 2.50. The van der Waals surface area contributed by atoms with Crippen LogP contribution in [0.25, 0.3) is 0 Å². The van der Waals surface area contributed by atoms with E-state index < -0.39 is 37.9 Å². The minimum absolute atomic E-state index is 0.418. The molecule has 0 aromatic heterocycles. The molecule has 0 radical (unpaired) electrons. The Bertz CT molecular complexity index is 296. The van der Waals surface area contributed by atoms with Crippen LogP contribution in [-0.4, -0.2) is 37.5 Å². The summed E-state index contributed by atoms with van der Waals surface area (Å²) < 4.78 is 10.4. The second-order valence-corrected chi connectivity index (χ2v) is 4.86. The number of hydrogen-bond acceptors (Lipinski definition) is 4. The molecule has 88 valence electrons. The van der Waals surface area contributed by atoms with Crippen LogP contribution in [0.3, 0.4) is 0 Å². The first-order valence-electron chi connectivity index (χ1n) is 4.26. The Labute approximate surface area is 86.8 Å². The Morgan fingerprint density at radius 1 is 1.27 bits per heavy atom. The van der Waals surface area contributed by atoms with Gasteiger partial charge in [0.2, 0.25) is 11.4 Å². The van der Waals surface area contributed by atoms with Gasteiger partial charge in [-0.15, -0.1) is 0 Å². The monoisotopic (exact) mass is 239 g/mol. The molecule has 8 heteroatoms. The highest BCUT2D eigenvalue weighted by molar-refractivity contribution is 7.70. The summed E-state index contributed by atoms with van der Waals surface area (Å²) in [5, 5.41) is 9.51. The van der Waals surface area contributed by atoms with Gasteiger partial charge in [-0.25, -0.2) is 5.06 Å². The third-order valence-electron chi connectivity index (χ3n) is 1.62. The molecular formula is C7H14NO6P. The summed E-state index contributed by atoms with van der Waals surface area (Å²) in [5.74, 6) is -0.744. The molecule has 7 nitrogen and oxygen atoms in total. The van der Waals surface area contributed by atoms with Crippen molar-refractivity contribution >= 4 is 19.0 Å². The average Bonchev–Trinajstić information content (AvgIpc) is 2.10. The molecule has 3 N–H and O–H groups in total. The standard InChI is InChI=1S/C7H14NO6P/c1-5(2)8(11)6(9)3-4-7(10)15(12,13)14/h5,11H,3-4H2,1-2H3,(H2,12,13,14). The number of hydroxylamine groups is 2. The minimum Gasteiger partial charge on any atom is -0.319 e. The topological polar surface area (TPSA) is 115 Å². The first-order valence-corrected chi connectivity index (χ1v) is 5.87. The van der Waals surface area contributed by atoms with Crippen LogP contribution in [0.4, 0.5) is 0 Å². The van der Waals surface area contributed by atoms with E-state index in [2.05, 4.69) is 0 Å². The van der Waals surface area contributed by atoms with Crippen molar-refractivity contribution in [3.8, 4) is 0 Å². The molecular weight excluding hydrogens is 225 g/mol. The van der Waals surface area contributed by atoms with Crippen molar-refractivity contribution in [3.63, 3.8) is 0 Å². The molecule has 0 aromatic carbocycles. The zero-order valence-corrected chi connectivity index (χ0v) is 9.35. The lowest BCUT2D eigenvalue weighted by Crippen LogP contribution is -2.33. The molecule has 0 spiro atoms. The molecule has 0 aliphatic carbocycles. The summed E-state index contributed by atoms with van der Waals surface area (Å²) in [4.78, 5) is 38.7. The van der Waals surface area contributed by atoms with Crippen molar-refractivity contribution in [2.24, 2.45) is 0 Å². The Kier molecular flexibility index (Phi) is 5.10. The van der Waals surface area contributed by atoms with Gasteiger partial charge in [0.15, 0.2) is 0 Å². The molecule has 0 atom stereocenters. The van der Waals surface area contributed by atoms with Crippen LogP contribution in [-0.2, 0) is 14.2 Å². The molecule has 0 aromatic rings. The maximum atomic E-state index is 11.1. The molecule has 0 fully saturated rings. The fourth-order valence-corrected chi connectivity index (χ4v) is 1.17. The van der Waals surface area contributed by atoms with Crippen LogP contribution in [0, 0.1) is 0 Å². The lowest BCUT2D eigenvalue weighted by atomic mass is 10.3. The van der Waals surface area contributed by atoms with Crippen molar-refractivity contribution in [2.45, 2.75) is 32.7 Å². The molecule has 0 unspecified atom stereocenters. The van der Waals surface area contributed by atoms with Crippen LogP contribution < -0.4 is 0 Å². The lowest BCUT2D eigenvalue weighted by Gasteiger charge is -2.18. The van der Waals surface area contributed by atoms with Crippen molar-refractivity contribution in [1.82, 2.24) is 5.06 Å². The van der Waals surface area contributed by atoms with Gasteiger partial charge in [0.1, 0.15) is 0 Å². The van der Waals surface area contributed by atoms with Crippen LogP contribution in [0.15, 0.2) is 0 Å². The highest BCUT2D eigenvalue weighted by Crippen LogP contribution is 2.37. The largest absolute Gasteiger partial charge is 0.391 e. The van der Waals surface area contributed by atoms with Gasteiger partial charge >= 0.3 is 7.60 Å². The van der Waals surface area contributed by atoms with E-state index in [0.717, 1.165) is 0 Å². The normalized spacial score (nSPS) is 11.6. The summed E-state index contributed by atoms with van der Waals surface area (Å²) in [6, 6.07) is -0.442. The smallest absolute Gasteiger partial charge is 0.319 e. The molecule has 15 heavy (non-hydrogen) atoms. The van der Waals surface area contributed by atoms with Crippen molar-refractivity contribution in [1.29, 1.82) is 0 Å². The van der Waals surface area contributed by atoms with Gasteiger partial charge in [-0.3, -0.25) is 19.4 Å². The number of amides is 1. The maximum absolute atomic E-state index is 11.1. The minimum atomic E-state index is -4.76. The van der Waals surface area contributed by atoms with E-state index in [-0.39, 0.29) is 0 Å². The van der Waals surface area contributed by atoms with E-state index >= 15 is 0 Å². The molecule has 1 amide bonds. The predicted octanol–water partition coefficient (Wildman–Crippen LogP) is 0.0971. The van der Waals surface area contributed by atoms with E-state index in [0.29, 0.717) is 5.06 Å². The fraction of sp³-hybridized carbons (Fsp3) is 0.714. The Balaban J connectivity index is 4.14. The van der Waals surface area contributed by atoms with E-state index in [1.807, 2.05) is 0 Å². The van der Waals surface area contributed by atoms with E-state index in [9.17, 15) is 14.2 Å². The fourth-order valence-electron chi connectivity index (χ4n) is 0.762. The number of hydrogen-bond donors (Lipinski definition) is 3. The van der Waals surface area contributed by atoms with E-state index in [1.54, 1.807) is 13.8 Å². The van der Waals surface area contributed by atoms with Gasteiger partial charge in [-0.2, -0.15) is 0 Å². The summed E-state index contributed by atoms with van der Waals surface area (Å²) in [5.41, 5.74) is -1.30. The maximum Gasteiger partial charge on any atom is 0.391 e. The molecule has 0 rings (SSSR count). The average molecular weight is 239 g/mol. The summed E-state index contributed by atoms with van der Waals surface area (Å²) in [7, 11) is -4.76. The zero-order valence-electron chi connectivity index (χ0n) is 8.45. The van der Waals surface area contributed by atoms with Crippen molar-refractivity contribution < 1.29 is 29.1 Å². The second-order valence-electron chi connectivity index (χ2n) is 3.27. The van der Waals surface area contributed by atoms with Crippen LogP contribution in [0.1, 0.15) is 26.7 Å². The molecule has 0 aliphatic heterocycles. The first kappa shape index (κ1) is 14.2. The Morgan fingerprint density at radius 2 is 1.73 bits per heavy atom. The highest BCUT2D eigenvalue weighted by Gasteiger charge is 2.26. The van der Waals surface area contributed by atoms with Crippen molar-refractivity contribution in [3.05, 3.63) is 0 Å². The van der Waals surface area contributed by atoms with Crippen molar-refractivity contribution in [2.75, 3.05) is 0 Å². The Hall–Kier alpha value is -0.750. The third kappa shape index (κ3) is 5.03. The number of nitrogens with zero attached hydrogens (tertiary/aromatic N) is 1. The molecule has 0 bridgehead atoms. The van der Waals surface area contributed by atoms with Gasteiger partial charge < -0.3 is 9.79 Å². The summed E-state index contributed by atoms with van der Waals surface area (Å²) in [6.07, 6.45) is -0.995. The van der Waals surface area contributed by atoms with Gasteiger partial charge in [0.25, 0.3) is 0 Å².